The molecule has 0 saturated carbocycles. The zero-order valence-corrected chi connectivity index (χ0v) is 7.77. The Labute approximate surface area is 77.3 Å². The van der Waals surface area contributed by atoms with Crippen LogP contribution in [0.15, 0.2) is 30.6 Å². The van der Waals surface area contributed by atoms with Gasteiger partial charge < -0.3 is 4.84 Å². The molecule has 0 unspecified atom stereocenters. The number of hydrogen-bond acceptors (Lipinski definition) is 2. The molecule has 0 aliphatic carbocycles. The van der Waals surface area contributed by atoms with E-state index >= 15 is 0 Å². The molecule has 0 aromatic rings. The molecular weight excluding hydrogens is 164 g/mol. The molecule has 2 aliphatic rings. The predicted molar refractivity (Wildman–Crippen MR) is 50.6 cm³/mol. The molecule has 68 valence electrons. The van der Waals surface area contributed by atoms with E-state index in [-0.39, 0.29) is 6.10 Å². The van der Waals surface area contributed by atoms with Gasteiger partial charge in [-0.15, -0.1) is 0 Å². The predicted octanol–water partition coefficient (Wildman–Crippen LogP) is 1.82. The third kappa shape index (κ3) is 1.49. The molecule has 13 heavy (non-hydrogen) atoms. The van der Waals surface area contributed by atoms with Crippen LogP contribution in [0.25, 0.3) is 11.4 Å². The number of rotatable bonds is 2. The maximum absolute atomic E-state index is 5.56. The summed E-state index contributed by atoms with van der Waals surface area (Å²) in [6.07, 6.45) is 3.85. The van der Waals surface area contributed by atoms with Crippen LogP contribution in [0, 0.1) is 0 Å². The minimum Gasteiger partial charge on any atom is -0.411 e. The van der Waals surface area contributed by atoms with Crippen LogP contribution in [0.2, 0.25) is 0 Å². The van der Waals surface area contributed by atoms with Gasteiger partial charge in [0.2, 0.25) is 0 Å². The third-order valence-electron chi connectivity index (χ3n) is 1.75. The summed E-state index contributed by atoms with van der Waals surface area (Å²) in [6, 6.07) is 5.84. The molecule has 0 amide bonds. The Balaban J connectivity index is 2.40. The van der Waals surface area contributed by atoms with Gasteiger partial charge in [-0.1, -0.05) is 0 Å². The lowest BCUT2D eigenvalue weighted by Gasteiger charge is -2.15. The van der Waals surface area contributed by atoms with Gasteiger partial charge in [0.25, 0.3) is 0 Å². The largest absolute Gasteiger partial charge is 0.411 e. The first-order valence-electron chi connectivity index (χ1n) is 4.36. The third-order valence-corrected chi connectivity index (χ3v) is 1.75. The van der Waals surface area contributed by atoms with Crippen molar-refractivity contribution in [1.82, 2.24) is 9.71 Å². The van der Waals surface area contributed by atoms with Crippen LogP contribution < -0.4 is 4.84 Å². The normalized spacial score (nSPS) is 11.0. The lowest BCUT2D eigenvalue weighted by Crippen LogP contribution is -2.20. The molecule has 3 nitrogen and oxygen atoms in total. The van der Waals surface area contributed by atoms with Gasteiger partial charge >= 0.3 is 0 Å². The molecule has 0 aromatic heterocycles. The first-order chi connectivity index (χ1) is 6.27. The fourth-order valence-electron chi connectivity index (χ4n) is 1.27. The van der Waals surface area contributed by atoms with Crippen molar-refractivity contribution in [1.29, 1.82) is 0 Å². The molecule has 2 aliphatic heterocycles. The summed E-state index contributed by atoms with van der Waals surface area (Å²) in [5, 5.41) is 0. The van der Waals surface area contributed by atoms with E-state index in [0.717, 1.165) is 11.4 Å². The van der Waals surface area contributed by atoms with E-state index < -0.39 is 0 Å². The lowest BCUT2D eigenvalue weighted by molar-refractivity contribution is 0.0619. The molecular formula is C10H12N2O. The van der Waals surface area contributed by atoms with Gasteiger partial charge in [0, 0.05) is 12.4 Å². The minimum atomic E-state index is 0.172. The Bertz CT molecular complexity index is 367. The Hall–Kier alpha value is -1.51. The van der Waals surface area contributed by atoms with Gasteiger partial charge in [-0.2, -0.15) is 4.73 Å². The maximum Gasteiger partial charge on any atom is 0.119 e. The van der Waals surface area contributed by atoms with Gasteiger partial charge in [0.1, 0.15) is 11.8 Å². The quantitative estimate of drug-likeness (QED) is 0.698. The van der Waals surface area contributed by atoms with Crippen molar-refractivity contribution in [2.24, 2.45) is 0 Å². The SMILES string of the molecule is CC(C)On1cccc2nccc1-2. The number of hydrogen-bond donors (Lipinski definition) is 0. The molecule has 3 heteroatoms. The van der Waals surface area contributed by atoms with Crippen LogP contribution in [0.4, 0.5) is 0 Å². The maximum atomic E-state index is 5.56. The average Bonchev–Trinajstić information content (AvgIpc) is 2.51. The Morgan fingerprint density at radius 1 is 1.38 bits per heavy atom. The van der Waals surface area contributed by atoms with Crippen molar-refractivity contribution in [2.45, 2.75) is 20.0 Å². The minimum absolute atomic E-state index is 0.172. The highest BCUT2D eigenvalue weighted by atomic mass is 16.7. The Morgan fingerprint density at radius 2 is 2.23 bits per heavy atom. The summed E-state index contributed by atoms with van der Waals surface area (Å²) in [5.41, 5.74) is 1.97. The molecule has 0 fully saturated rings. The van der Waals surface area contributed by atoms with Crippen LogP contribution in [0.3, 0.4) is 0 Å². The fraction of sp³-hybridized carbons (Fsp3) is 0.300. The summed E-state index contributed by atoms with van der Waals surface area (Å²) in [5.74, 6) is 0. The summed E-state index contributed by atoms with van der Waals surface area (Å²) in [7, 11) is 0. The van der Waals surface area contributed by atoms with E-state index in [1.165, 1.54) is 0 Å². The van der Waals surface area contributed by atoms with Crippen LogP contribution >= 0.6 is 0 Å². The zero-order chi connectivity index (χ0) is 9.26. The van der Waals surface area contributed by atoms with E-state index in [1.54, 1.807) is 10.9 Å². The molecule has 0 N–H and O–H groups in total. The van der Waals surface area contributed by atoms with Crippen molar-refractivity contribution in [3.05, 3.63) is 30.6 Å². The van der Waals surface area contributed by atoms with E-state index in [1.807, 2.05) is 38.2 Å². The van der Waals surface area contributed by atoms with Crippen molar-refractivity contribution in [3.63, 3.8) is 0 Å². The number of nitrogens with zero attached hydrogens (tertiary/aromatic N) is 2. The summed E-state index contributed by atoms with van der Waals surface area (Å²) in [4.78, 5) is 9.75. The van der Waals surface area contributed by atoms with Crippen LogP contribution in [0.5, 0.6) is 0 Å². The highest BCUT2D eigenvalue weighted by Crippen LogP contribution is 2.17. The van der Waals surface area contributed by atoms with Gasteiger partial charge in [0.05, 0.1) is 5.69 Å². The standard InChI is InChI=1S/C10H12N2O/c1-8(2)13-12-7-3-4-9-10(12)5-6-11-9/h3-8H,1-2H3. The monoisotopic (exact) mass is 176 g/mol. The molecule has 0 aromatic carbocycles. The van der Waals surface area contributed by atoms with Crippen LogP contribution in [-0.4, -0.2) is 15.8 Å². The fourth-order valence-corrected chi connectivity index (χ4v) is 1.27. The number of aromatic nitrogens is 2. The van der Waals surface area contributed by atoms with Crippen molar-refractivity contribution in [3.8, 4) is 11.4 Å². The molecule has 0 atom stereocenters. The Morgan fingerprint density at radius 3 is 3.00 bits per heavy atom. The second-order valence-corrected chi connectivity index (χ2v) is 3.20. The highest BCUT2D eigenvalue weighted by Gasteiger charge is 2.08. The van der Waals surface area contributed by atoms with Crippen LogP contribution in [0.1, 0.15) is 13.8 Å². The van der Waals surface area contributed by atoms with Crippen LogP contribution in [-0.2, 0) is 0 Å². The summed E-state index contributed by atoms with van der Waals surface area (Å²) in [6.45, 7) is 4.00. The second-order valence-electron chi connectivity index (χ2n) is 3.20. The van der Waals surface area contributed by atoms with E-state index in [4.69, 9.17) is 4.84 Å². The van der Waals surface area contributed by atoms with Crippen molar-refractivity contribution < 1.29 is 4.84 Å². The number of pyridine rings is 1. The summed E-state index contributed by atoms with van der Waals surface area (Å²) >= 11 is 0. The van der Waals surface area contributed by atoms with E-state index in [2.05, 4.69) is 4.98 Å². The molecule has 0 saturated heterocycles. The highest BCUT2D eigenvalue weighted by molar-refractivity contribution is 5.55. The molecule has 0 bridgehead atoms. The molecule has 0 radical (unpaired) electrons. The smallest absolute Gasteiger partial charge is 0.119 e. The molecule has 0 spiro atoms. The average molecular weight is 176 g/mol. The Kier molecular flexibility index (Phi) is 1.93. The van der Waals surface area contributed by atoms with Gasteiger partial charge in [-0.3, -0.25) is 4.98 Å². The first kappa shape index (κ1) is 8.10. The molecule has 2 rings (SSSR count). The first-order valence-corrected chi connectivity index (χ1v) is 4.36. The van der Waals surface area contributed by atoms with Gasteiger partial charge in [0.15, 0.2) is 0 Å². The van der Waals surface area contributed by atoms with E-state index in [0.29, 0.717) is 0 Å². The van der Waals surface area contributed by atoms with E-state index in [9.17, 15) is 0 Å². The lowest BCUT2D eigenvalue weighted by atomic mass is 10.3. The summed E-state index contributed by atoms with van der Waals surface area (Å²) < 4.78 is 1.76. The second kappa shape index (κ2) is 3.09. The zero-order valence-electron chi connectivity index (χ0n) is 7.77. The topological polar surface area (TPSA) is 27.1 Å². The molecule has 2 heterocycles. The van der Waals surface area contributed by atoms with Crippen molar-refractivity contribution >= 4 is 0 Å². The van der Waals surface area contributed by atoms with Gasteiger partial charge in [-0.25, -0.2) is 0 Å². The number of fused-ring (bicyclic) bond motifs is 1. The van der Waals surface area contributed by atoms with Gasteiger partial charge in [-0.05, 0) is 32.0 Å². The van der Waals surface area contributed by atoms with Crippen molar-refractivity contribution in [2.75, 3.05) is 0 Å².